The van der Waals surface area contributed by atoms with Crippen LogP contribution in [-0.2, 0) is 14.2 Å². The predicted molar refractivity (Wildman–Crippen MR) is 126 cm³/mol. The van der Waals surface area contributed by atoms with Crippen molar-refractivity contribution >= 4 is 29.9 Å². The van der Waals surface area contributed by atoms with E-state index in [4.69, 9.17) is 14.2 Å². The second-order valence-corrected chi connectivity index (χ2v) is 7.68. The molecule has 0 aromatic heterocycles. The molecule has 166 valence electrons. The molecule has 0 radical (unpaired) electrons. The Morgan fingerprint density at radius 2 is 1.71 bits per heavy atom. The second-order valence-electron chi connectivity index (χ2n) is 7.68. The number of nitrogens with one attached hydrogen (secondary N) is 2. The second kappa shape index (κ2) is 17.7. The molecule has 2 rings (SSSR count). The molecule has 0 spiro atoms. The first-order valence-electron chi connectivity index (χ1n) is 11.1. The van der Waals surface area contributed by atoms with Crippen LogP contribution in [0.25, 0.3) is 0 Å². The first-order chi connectivity index (χ1) is 13.4. The largest absolute Gasteiger partial charge is 0.379 e. The third-order valence-corrected chi connectivity index (χ3v) is 5.33. The van der Waals surface area contributed by atoms with Crippen molar-refractivity contribution < 1.29 is 14.2 Å². The van der Waals surface area contributed by atoms with E-state index in [0.29, 0.717) is 12.2 Å². The summed E-state index contributed by atoms with van der Waals surface area (Å²) in [5, 5.41) is 6.73. The Morgan fingerprint density at radius 1 is 0.929 bits per heavy atom. The molecule has 1 atom stereocenters. The molecule has 0 aromatic rings. The lowest BCUT2D eigenvalue weighted by atomic mass is 9.98. The first-order valence-corrected chi connectivity index (χ1v) is 11.1. The zero-order valence-electron chi connectivity index (χ0n) is 17.8. The number of guanidine groups is 1. The maximum atomic E-state index is 5.97. The molecule has 28 heavy (non-hydrogen) atoms. The number of nitrogens with zero attached hydrogens (tertiary/aromatic N) is 1. The number of unbranched alkanes of at least 4 members (excludes halogenated alkanes) is 2. The summed E-state index contributed by atoms with van der Waals surface area (Å²) >= 11 is 0. The predicted octanol–water partition coefficient (Wildman–Crippen LogP) is 3.87. The first kappa shape index (κ1) is 25.9. The van der Waals surface area contributed by atoms with Crippen molar-refractivity contribution in [3.8, 4) is 0 Å². The van der Waals surface area contributed by atoms with Crippen LogP contribution in [0.15, 0.2) is 4.99 Å². The van der Waals surface area contributed by atoms with E-state index in [9.17, 15) is 0 Å². The van der Waals surface area contributed by atoms with Gasteiger partial charge in [-0.2, -0.15) is 0 Å². The molecule has 1 aliphatic heterocycles. The van der Waals surface area contributed by atoms with Crippen molar-refractivity contribution in [3.63, 3.8) is 0 Å². The summed E-state index contributed by atoms with van der Waals surface area (Å²) in [6, 6.07) is 0. The van der Waals surface area contributed by atoms with Gasteiger partial charge in [0.15, 0.2) is 5.96 Å². The summed E-state index contributed by atoms with van der Waals surface area (Å²) in [6.45, 7) is 5.15. The molecule has 1 saturated carbocycles. The molecule has 6 nitrogen and oxygen atoms in total. The Bertz CT molecular complexity index is 387. The van der Waals surface area contributed by atoms with Crippen LogP contribution in [0.3, 0.4) is 0 Å². The van der Waals surface area contributed by atoms with E-state index in [1.807, 2.05) is 7.05 Å². The van der Waals surface area contributed by atoms with Gasteiger partial charge >= 0.3 is 0 Å². The minimum absolute atomic E-state index is 0. The Morgan fingerprint density at radius 3 is 2.43 bits per heavy atom. The fraction of sp³-hybridized carbons (Fsp3) is 0.952. The van der Waals surface area contributed by atoms with Crippen molar-refractivity contribution in [2.75, 3.05) is 46.6 Å². The van der Waals surface area contributed by atoms with Gasteiger partial charge in [0.2, 0.25) is 0 Å². The summed E-state index contributed by atoms with van der Waals surface area (Å²) in [6.07, 6.45) is 14.3. The van der Waals surface area contributed by atoms with Gasteiger partial charge in [-0.3, -0.25) is 4.99 Å². The standard InChI is InChI=1S/C21H41N3O3.HI/c1-22-21(24-14-9-15-25-18-20-12-8-17-27-20)23-13-6-3-7-16-26-19-10-4-2-5-11-19;/h19-20H,2-18H2,1H3,(H2,22,23,24);1H. The van der Waals surface area contributed by atoms with E-state index in [1.165, 1.54) is 44.9 Å². The normalized spacial score (nSPS) is 20.8. The quantitative estimate of drug-likeness (QED) is 0.170. The average molecular weight is 511 g/mol. The van der Waals surface area contributed by atoms with Crippen LogP contribution in [0.1, 0.15) is 70.6 Å². The summed E-state index contributed by atoms with van der Waals surface area (Å²) < 4.78 is 17.2. The van der Waals surface area contributed by atoms with Gasteiger partial charge in [0, 0.05) is 40.0 Å². The Balaban J connectivity index is 0.00000392. The van der Waals surface area contributed by atoms with Crippen molar-refractivity contribution in [1.29, 1.82) is 0 Å². The van der Waals surface area contributed by atoms with Gasteiger partial charge in [0.05, 0.1) is 18.8 Å². The maximum Gasteiger partial charge on any atom is 0.190 e. The van der Waals surface area contributed by atoms with E-state index in [-0.39, 0.29) is 24.0 Å². The number of hydrogen-bond donors (Lipinski definition) is 2. The summed E-state index contributed by atoms with van der Waals surface area (Å²) in [7, 11) is 1.82. The Kier molecular flexibility index (Phi) is 16.4. The molecule has 1 aliphatic carbocycles. The highest BCUT2D eigenvalue weighted by Crippen LogP contribution is 2.20. The van der Waals surface area contributed by atoms with Crippen molar-refractivity contribution in [1.82, 2.24) is 10.6 Å². The smallest absolute Gasteiger partial charge is 0.190 e. The third-order valence-electron chi connectivity index (χ3n) is 5.33. The van der Waals surface area contributed by atoms with Crippen LogP contribution in [0.5, 0.6) is 0 Å². The van der Waals surface area contributed by atoms with Gasteiger partial charge in [-0.05, 0) is 51.4 Å². The van der Waals surface area contributed by atoms with Crippen molar-refractivity contribution in [2.24, 2.45) is 4.99 Å². The highest BCUT2D eigenvalue weighted by molar-refractivity contribution is 14.0. The van der Waals surface area contributed by atoms with E-state index >= 15 is 0 Å². The molecule has 2 aliphatic rings. The lowest BCUT2D eigenvalue weighted by Gasteiger charge is -2.21. The Hall–Kier alpha value is -0.120. The zero-order chi connectivity index (χ0) is 19.0. The number of rotatable bonds is 13. The van der Waals surface area contributed by atoms with Gasteiger partial charge < -0.3 is 24.8 Å². The molecule has 7 heteroatoms. The topological polar surface area (TPSA) is 64.1 Å². The Labute approximate surface area is 189 Å². The third kappa shape index (κ3) is 12.4. The lowest BCUT2D eigenvalue weighted by Crippen LogP contribution is -2.38. The SMILES string of the molecule is CN=C(NCCCCCOC1CCCCC1)NCCCOCC1CCCO1.I. The minimum atomic E-state index is 0. The zero-order valence-corrected chi connectivity index (χ0v) is 20.1. The summed E-state index contributed by atoms with van der Waals surface area (Å²) in [5.74, 6) is 0.882. The van der Waals surface area contributed by atoms with Crippen LogP contribution >= 0.6 is 24.0 Å². The van der Waals surface area contributed by atoms with Gasteiger partial charge in [0.1, 0.15) is 0 Å². The van der Waals surface area contributed by atoms with Crippen molar-refractivity contribution in [2.45, 2.75) is 82.8 Å². The highest BCUT2D eigenvalue weighted by Gasteiger charge is 2.15. The van der Waals surface area contributed by atoms with Gasteiger partial charge in [-0.15, -0.1) is 24.0 Å². The molecule has 0 aromatic carbocycles. The minimum Gasteiger partial charge on any atom is -0.379 e. The molecule has 2 N–H and O–H groups in total. The molecular formula is C21H42IN3O3. The molecular weight excluding hydrogens is 469 g/mol. The van der Waals surface area contributed by atoms with Crippen molar-refractivity contribution in [3.05, 3.63) is 0 Å². The van der Waals surface area contributed by atoms with Gasteiger partial charge in [-0.25, -0.2) is 0 Å². The monoisotopic (exact) mass is 511 g/mol. The number of hydrogen-bond acceptors (Lipinski definition) is 4. The maximum absolute atomic E-state index is 5.97. The molecule has 0 bridgehead atoms. The summed E-state index contributed by atoms with van der Waals surface area (Å²) in [4.78, 5) is 4.27. The number of halogens is 1. The van der Waals surface area contributed by atoms with Gasteiger partial charge in [-0.1, -0.05) is 19.3 Å². The van der Waals surface area contributed by atoms with E-state index in [1.54, 1.807) is 0 Å². The van der Waals surface area contributed by atoms with Crippen LogP contribution in [0, 0.1) is 0 Å². The fourth-order valence-electron chi connectivity index (χ4n) is 3.68. The van der Waals surface area contributed by atoms with Crippen LogP contribution in [0.2, 0.25) is 0 Å². The van der Waals surface area contributed by atoms with E-state index in [2.05, 4.69) is 15.6 Å². The summed E-state index contributed by atoms with van der Waals surface area (Å²) in [5.41, 5.74) is 0. The van der Waals surface area contributed by atoms with Crippen LogP contribution < -0.4 is 10.6 Å². The lowest BCUT2D eigenvalue weighted by molar-refractivity contribution is 0.0168. The number of ether oxygens (including phenoxy) is 3. The van der Waals surface area contributed by atoms with E-state index < -0.39 is 0 Å². The highest BCUT2D eigenvalue weighted by atomic mass is 127. The average Bonchev–Trinajstić information content (AvgIpc) is 3.22. The molecule has 2 fully saturated rings. The molecule has 1 heterocycles. The van der Waals surface area contributed by atoms with Gasteiger partial charge in [0.25, 0.3) is 0 Å². The molecule has 1 unspecified atom stereocenters. The van der Waals surface area contributed by atoms with Crippen LogP contribution in [0.4, 0.5) is 0 Å². The van der Waals surface area contributed by atoms with E-state index in [0.717, 1.165) is 71.2 Å². The molecule has 0 amide bonds. The molecule has 1 saturated heterocycles. The fourth-order valence-corrected chi connectivity index (χ4v) is 3.68. The van der Waals surface area contributed by atoms with Crippen LogP contribution in [-0.4, -0.2) is 64.7 Å². The number of aliphatic imine (C=N–C) groups is 1.